The van der Waals surface area contributed by atoms with Crippen LogP contribution in [0.4, 0.5) is 5.69 Å². The van der Waals surface area contributed by atoms with Gasteiger partial charge >= 0.3 is 17.9 Å². The summed E-state index contributed by atoms with van der Waals surface area (Å²) >= 11 is 0. The van der Waals surface area contributed by atoms with Crippen LogP contribution in [0.5, 0.6) is 0 Å². The van der Waals surface area contributed by atoms with Crippen LogP contribution in [0.1, 0.15) is 44.7 Å². The molecule has 1 unspecified atom stereocenters. The van der Waals surface area contributed by atoms with Crippen molar-refractivity contribution in [2.75, 3.05) is 11.5 Å². The molecule has 202 valence electrons. The van der Waals surface area contributed by atoms with Gasteiger partial charge in [0.05, 0.1) is 6.61 Å². The maximum absolute atomic E-state index is 13.4. The summed E-state index contributed by atoms with van der Waals surface area (Å²) in [6.07, 6.45) is -0.0290. The smallest absolute Gasteiger partial charge is 0.357 e. The van der Waals surface area contributed by atoms with Crippen LogP contribution in [-0.2, 0) is 46.4 Å². The molecule has 4 rings (SSSR count). The molecule has 2 aliphatic rings. The van der Waals surface area contributed by atoms with Gasteiger partial charge in [0.1, 0.15) is 24.3 Å². The van der Waals surface area contributed by atoms with Gasteiger partial charge in [0.25, 0.3) is 5.72 Å². The molecule has 0 aromatic heterocycles. The van der Waals surface area contributed by atoms with E-state index in [0.717, 1.165) is 11.1 Å². The summed E-state index contributed by atoms with van der Waals surface area (Å²) in [4.78, 5) is 52.2. The van der Waals surface area contributed by atoms with Gasteiger partial charge in [-0.1, -0.05) is 48.5 Å². The lowest BCUT2D eigenvalue weighted by molar-refractivity contribution is -0.229. The van der Waals surface area contributed by atoms with E-state index in [1.54, 1.807) is 32.9 Å². The average molecular weight is 525 g/mol. The van der Waals surface area contributed by atoms with Crippen LogP contribution in [0.2, 0.25) is 0 Å². The number of carbonyl (C=O) groups is 4. The van der Waals surface area contributed by atoms with Gasteiger partial charge in [-0.05, 0) is 44.4 Å². The van der Waals surface area contributed by atoms with Gasteiger partial charge in [-0.3, -0.25) is 19.8 Å². The molecular formula is C28H32N2O8. The number of carboxylic acid groups (broad SMARTS) is 1. The van der Waals surface area contributed by atoms with E-state index in [1.165, 1.54) is 4.90 Å². The number of cyclic esters (lactones) is 1. The number of amides is 1. The van der Waals surface area contributed by atoms with Crippen LogP contribution in [-0.4, -0.2) is 58.9 Å². The molecule has 2 N–H and O–H groups in total. The molecule has 2 aliphatic heterocycles. The molecule has 0 saturated carbocycles. The molecule has 0 radical (unpaired) electrons. The molecule has 10 nitrogen and oxygen atoms in total. The number of fused-ring (bicyclic) bond motifs is 1. The molecule has 1 fully saturated rings. The highest BCUT2D eigenvalue weighted by Crippen LogP contribution is 2.34. The van der Waals surface area contributed by atoms with Gasteiger partial charge in [0, 0.05) is 18.5 Å². The molecule has 10 heteroatoms. The number of hydrogen-bond acceptors (Lipinski definition) is 8. The number of carboxylic acids is 1. The summed E-state index contributed by atoms with van der Waals surface area (Å²) in [5.41, 5.74) is -0.129. The lowest BCUT2D eigenvalue weighted by atomic mass is 10.1. The Bertz CT molecular complexity index is 1210. The van der Waals surface area contributed by atoms with Crippen LogP contribution >= 0.6 is 0 Å². The summed E-state index contributed by atoms with van der Waals surface area (Å²) in [7, 11) is 0. The molecule has 2 aromatic carbocycles. The van der Waals surface area contributed by atoms with E-state index in [2.05, 4.69) is 5.32 Å². The van der Waals surface area contributed by atoms with E-state index in [-0.39, 0.29) is 26.1 Å². The van der Waals surface area contributed by atoms with Crippen molar-refractivity contribution in [3.63, 3.8) is 0 Å². The highest BCUT2D eigenvalue weighted by Gasteiger charge is 2.53. The van der Waals surface area contributed by atoms with Crippen molar-refractivity contribution in [1.82, 2.24) is 5.32 Å². The Morgan fingerprint density at radius 2 is 1.82 bits per heavy atom. The van der Waals surface area contributed by atoms with Crippen molar-refractivity contribution in [2.24, 2.45) is 0 Å². The second-order valence-corrected chi connectivity index (χ2v) is 10.4. The Morgan fingerprint density at radius 1 is 1.13 bits per heavy atom. The number of hydrogen-bond donors (Lipinski definition) is 2. The Balaban J connectivity index is 1.46. The molecule has 1 amide bonds. The molecule has 0 bridgehead atoms. The molecule has 2 heterocycles. The summed E-state index contributed by atoms with van der Waals surface area (Å²) in [6.45, 7) is 5.17. The van der Waals surface area contributed by atoms with E-state index in [1.807, 2.05) is 42.5 Å². The molecular weight excluding hydrogens is 492 g/mol. The largest absolute Gasteiger partial charge is 0.480 e. The molecule has 38 heavy (non-hydrogen) atoms. The first-order valence-corrected chi connectivity index (χ1v) is 12.5. The van der Waals surface area contributed by atoms with E-state index in [0.29, 0.717) is 12.1 Å². The number of aliphatic carboxylic acids is 1. The number of nitrogens with one attached hydrogen (secondary N) is 1. The first-order valence-electron chi connectivity index (χ1n) is 12.5. The third-order valence-electron chi connectivity index (χ3n) is 6.34. The monoisotopic (exact) mass is 524 g/mol. The Morgan fingerprint density at radius 3 is 2.42 bits per heavy atom. The van der Waals surface area contributed by atoms with E-state index < -0.39 is 47.2 Å². The second-order valence-electron chi connectivity index (χ2n) is 10.4. The van der Waals surface area contributed by atoms with Crippen LogP contribution < -0.4 is 10.2 Å². The van der Waals surface area contributed by atoms with Crippen molar-refractivity contribution >= 4 is 29.5 Å². The molecule has 0 aliphatic carbocycles. The Hall–Kier alpha value is -3.76. The zero-order valence-electron chi connectivity index (χ0n) is 21.6. The SMILES string of the molecule is CC(C)(C)OC(=O)[C@@H]1Cc2ccccc2N1C(=O)CC[C@@H](NC1(OCc2ccccc2)COC1=O)C(=O)O. The minimum absolute atomic E-state index is 0.0658. The minimum atomic E-state index is -1.62. The summed E-state index contributed by atoms with van der Waals surface area (Å²) in [5.74, 6) is -2.91. The fourth-order valence-electron chi connectivity index (χ4n) is 4.47. The quantitative estimate of drug-likeness (QED) is 0.356. The molecule has 1 saturated heterocycles. The van der Waals surface area contributed by atoms with Gasteiger partial charge in [0.15, 0.2) is 0 Å². The topological polar surface area (TPSA) is 131 Å². The number of nitrogens with zero attached hydrogens (tertiary/aromatic N) is 1. The summed E-state index contributed by atoms with van der Waals surface area (Å²) in [5, 5.41) is 12.6. The van der Waals surface area contributed by atoms with E-state index in [9.17, 15) is 24.3 Å². The van der Waals surface area contributed by atoms with Gasteiger partial charge in [-0.25, -0.2) is 9.59 Å². The van der Waals surface area contributed by atoms with Crippen molar-refractivity contribution in [3.8, 4) is 0 Å². The van der Waals surface area contributed by atoms with Gasteiger partial charge < -0.3 is 19.3 Å². The highest BCUT2D eigenvalue weighted by molar-refractivity contribution is 6.02. The van der Waals surface area contributed by atoms with E-state index >= 15 is 0 Å². The van der Waals surface area contributed by atoms with Gasteiger partial charge in [-0.2, -0.15) is 0 Å². The zero-order chi connectivity index (χ0) is 27.5. The van der Waals surface area contributed by atoms with Crippen molar-refractivity contribution < 1.29 is 38.5 Å². The molecule has 3 atom stereocenters. The highest BCUT2D eigenvalue weighted by atomic mass is 16.6. The van der Waals surface area contributed by atoms with Crippen LogP contribution in [0, 0.1) is 0 Å². The molecule has 2 aromatic rings. The predicted molar refractivity (Wildman–Crippen MR) is 136 cm³/mol. The first-order chi connectivity index (χ1) is 18.0. The number of para-hydroxylation sites is 1. The van der Waals surface area contributed by atoms with Crippen molar-refractivity contribution in [2.45, 2.75) is 70.1 Å². The Labute approximate surface area is 220 Å². The first kappa shape index (κ1) is 27.3. The second kappa shape index (κ2) is 10.9. The number of benzene rings is 2. The lowest BCUT2D eigenvalue weighted by Gasteiger charge is -2.40. The van der Waals surface area contributed by atoms with Crippen LogP contribution in [0.3, 0.4) is 0 Å². The predicted octanol–water partition coefficient (Wildman–Crippen LogP) is 2.58. The number of esters is 2. The number of anilines is 1. The van der Waals surface area contributed by atoms with Gasteiger partial charge in [0.2, 0.25) is 5.91 Å². The van der Waals surface area contributed by atoms with Crippen LogP contribution in [0.15, 0.2) is 54.6 Å². The normalized spacial score (nSPS) is 21.2. The van der Waals surface area contributed by atoms with E-state index in [4.69, 9.17) is 14.2 Å². The summed E-state index contributed by atoms with van der Waals surface area (Å²) in [6, 6.07) is 14.2. The summed E-state index contributed by atoms with van der Waals surface area (Å²) < 4.78 is 16.2. The maximum atomic E-state index is 13.4. The fraction of sp³-hybridized carbons (Fsp3) is 0.429. The lowest BCUT2D eigenvalue weighted by Crippen LogP contribution is -2.69. The van der Waals surface area contributed by atoms with Gasteiger partial charge in [-0.15, -0.1) is 0 Å². The third kappa shape index (κ3) is 6.03. The Kier molecular flexibility index (Phi) is 7.84. The fourth-order valence-corrected chi connectivity index (χ4v) is 4.47. The standard InChI is InChI=1S/C28H32N2O8/c1-27(2,3)38-25(34)22-15-19-11-7-8-12-21(19)30(22)23(31)14-13-20(24(32)33)29-28(17-36-26(28)35)37-16-18-9-5-4-6-10-18/h4-12,20,22,29H,13-17H2,1-3H3,(H,32,33)/t20-,22+,28?/m1/s1. The average Bonchev–Trinajstić information content (AvgIpc) is 3.27. The van der Waals surface area contributed by atoms with Crippen LogP contribution in [0.25, 0.3) is 0 Å². The van der Waals surface area contributed by atoms with Crippen molar-refractivity contribution in [1.29, 1.82) is 0 Å². The minimum Gasteiger partial charge on any atom is -0.480 e. The number of ether oxygens (including phenoxy) is 3. The van der Waals surface area contributed by atoms with Crippen molar-refractivity contribution in [3.05, 3.63) is 65.7 Å². The number of carbonyl (C=O) groups excluding carboxylic acids is 3. The number of rotatable bonds is 10. The third-order valence-corrected chi connectivity index (χ3v) is 6.34. The molecule has 0 spiro atoms. The zero-order valence-corrected chi connectivity index (χ0v) is 21.6. The maximum Gasteiger partial charge on any atom is 0.357 e.